The standard InChI is InChI=1S/C18H26ClN3O5S/c1-4-13(2)21(16-7-8-28(26,27)12-16)18(23)11-20(3)10-14-9-15(22(24)25)5-6-17(14)19/h5-6,9,13,16H,4,7-8,10-12H2,1-3H3. The van der Waals surface area contributed by atoms with Crippen LogP contribution in [0.4, 0.5) is 5.69 Å². The summed E-state index contributed by atoms with van der Waals surface area (Å²) < 4.78 is 23.7. The molecule has 2 rings (SSSR count). The molecular formula is C18H26ClN3O5S. The number of halogens is 1. The molecule has 1 heterocycles. The molecular weight excluding hydrogens is 406 g/mol. The Bertz CT molecular complexity index is 846. The summed E-state index contributed by atoms with van der Waals surface area (Å²) in [6.45, 7) is 4.21. The fourth-order valence-electron chi connectivity index (χ4n) is 3.46. The Kier molecular flexibility index (Phi) is 7.41. The number of benzene rings is 1. The van der Waals surface area contributed by atoms with Gasteiger partial charge < -0.3 is 4.90 Å². The smallest absolute Gasteiger partial charge is 0.269 e. The van der Waals surface area contributed by atoms with E-state index in [9.17, 15) is 23.3 Å². The van der Waals surface area contributed by atoms with E-state index >= 15 is 0 Å². The minimum atomic E-state index is -3.10. The van der Waals surface area contributed by atoms with Crippen molar-refractivity contribution in [3.05, 3.63) is 38.9 Å². The molecule has 2 atom stereocenters. The number of rotatable bonds is 8. The van der Waals surface area contributed by atoms with E-state index < -0.39 is 14.8 Å². The van der Waals surface area contributed by atoms with Gasteiger partial charge in [-0.1, -0.05) is 18.5 Å². The van der Waals surface area contributed by atoms with Crippen LogP contribution in [0.3, 0.4) is 0 Å². The zero-order chi connectivity index (χ0) is 21.1. The van der Waals surface area contributed by atoms with E-state index in [1.54, 1.807) is 16.8 Å². The van der Waals surface area contributed by atoms with Crippen molar-refractivity contribution >= 4 is 33.0 Å². The van der Waals surface area contributed by atoms with E-state index in [4.69, 9.17) is 11.6 Å². The van der Waals surface area contributed by atoms with Crippen LogP contribution in [0.2, 0.25) is 5.02 Å². The molecule has 0 radical (unpaired) electrons. The first-order valence-corrected chi connectivity index (χ1v) is 11.4. The van der Waals surface area contributed by atoms with Gasteiger partial charge in [-0.05, 0) is 38.4 Å². The maximum atomic E-state index is 13.0. The summed E-state index contributed by atoms with van der Waals surface area (Å²) in [5.74, 6) is -0.0407. The highest BCUT2D eigenvalue weighted by molar-refractivity contribution is 7.91. The van der Waals surface area contributed by atoms with Gasteiger partial charge in [-0.3, -0.25) is 19.8 Å². The van der Waals surface area contributed by atoms with E-state index in [2.05, 4.69) is 0 Å². The Morgan fingerprint density at radius 2 is 2.11 bits per heavy atom. The molecule has 0 spiro atoms. The topological polar surface area (TPSA) is 101 Å². The number of nitro benzene ring substituents is 1. The van der Waals surface area contributed by atoms with Crippen LogP contribution in [0.15, 0.2) is 18.2 Å². The molecule has 1 aromatic carbocycles. The molecule has 10 heteroatoms. The van der Waals surface area contributed by atoms with Crippen molar-refractivity contribution in [2.45, 2.75) is 45.3 Å². The van der Waals surface area contributed by atoms with Crippen molar-refractivity contribution in [3.63, 3.8) is 0 Å². The van der Waals surface area contributed by atoms with Crippen molar-refractivity contribution < 1.29 is 18.1 Å². The summed E-state index contributed by atoms with van der Waals surface area (Å²) in [6.07, 6.45) is 1.18. The van der Waals surface area contributed by atoms with Crippen molar-refractivity contribution in [1.82, 2.24) is 9.80 Å². The number of non-ortho nitro benzene ring substituents is 1. The summed E-state index contributed by atoms with van der Waals surface area (Å²) >= 11 is 6.14. The molecule has 1 fully saturated rings. The van der Waals surface area contributed by atoms with Crippen molar-refractivity contribution in [3.8, 4) is 0 Å². The maximum absolute atomic E-state index is 13.0. The van der Waals surface area contributed by atoms with Crippen LogP contribution in [0.25, 0.3) is 0 Å². The maximum Gasteiger partial charge on any atom is 0.269 e. The third-order valence-electron chi connectivity index (χ3n) is 5.04. The molecule has 156 valence electrons. The Hall–Kier alpha value is -1.71. The number of nitro groups is 1. The van der Waals surface area contributed by atoms with Gasteiger partial charge in [-0.2, -0.15) is 0 Å². The van der Waals surface area contributed by atoms with Gasteiger partial charge in [0.15, 0.2) is 9.84 Å². The van der Waals surface area contributed by atoms with Gasteiger partial charge in [-0.25, -0.2) is 8.42 Å². The van der Waals surface area contributed by atoms with E-state index in [1.807, 2.05) is 13.8 Å². The largest absolute Gasteiger partial charge is 0.335 e. The monoisotopic (exact) mass is 431 g/mol. The SMILES string of the molecule is CCC(C)N(C(=O)CN(C)Cc1cc([N+](=O)[O-])ccc1Cl)C1CCS(=O)(=O)C1. The van der Waals surface area contributed by atoms with Crippen LogP contribution in [0, 0.1) is 10.1 Å². The van der Waals surface area contributed by atoms with Crippen molar-refractivity contribution in [2.75, 3.05) is 25.1 Å². The number of likely N-dealkylation sites (N-methyl/N-ethyl adjacent to an activating group) is 1. The number of hydrogen-bond donors (Lipinski definition) is 0. The van der Waals surface area contributed by atoms with Gasteiger partial charge in [0, 0.05) is 35.8 Å². The summed E-state index contributed by atoms with van der Waals surface area (Å²) in [5.41, 5.74) is 0.501. The third kappa shape index (κ3) is 5.65. The third-order valence-corrected chi connectivity index (χ3v) is 7.16. The molecule has 1 aliphatic heterocycles. The molecule has 1 aliphatic rings. The first-order chi connectivity index (χ1) is 13.0. The lowest BCUT2D eigenvalue weighted by molar-refractivity contribution is -0.384. The summed E-state index contributed by atoms with van der Waals surface area (Å²) in [7, 11) is -1.37. The van der Waals surface area contributed by atoms with Gasteiger partial charge in [0.2, 0.25) is 5.91 Å². The zero-order valence-corrected chi connectivity index (χ0v) is 17.9. The number of amides is 1. The van der Waals surface area contributed by atoms with Crippen LogP contribution in [-0.2, 0) is 21.2 Å². The van der Waals surface area contributed by atoms with Gasteiger partial charge in [-0.15, -0.1) is 0 Å². The minimum Gasteiger partial charge on any atom is -0.335 e. The Morgan fingerprint density at radius 3 is 2.64 bits per heavy atom. The van der Waals surface area contributed by atoms with Crippen molar-refractivity contribution in [1.29, 1.82) is 0 Å². The lowest BCUT2D eigenvalue weighted by Gasteiger charge is -2.35. The number of sulfone groups is 1. The van der Waals surface area contributed by atoms with Crippen LogP contribution in [0.5, 0.6) is 0 Å². The van der Waals surface area contributed by atoms with Gasteiger partial charge in [0.25, 0.3) is 5.69 Å². The molecule has 1 saturated heterocycles. The molecule has 1 aromatic rings. The fourth-order valence-corrected chi connectivity index (χ4v) is 5.34. The average Bonchev–Trinajstić information content (AvgIpc) is 2.95. The lowest BCUT2D eigenvalue weighted by atomic mass is 10.1. The highest BCUT2D eigenvalue weighted by Crippen LogP contribution is 2.24. The Morgan fingerprint density at radius 1 is 1.43 bits per heavy atom. The van der Waals surface area contributed by atoms with Crippen LogP contribution < -0.4 is 0 Å². The van der Waals surface area contributed by atoms with E-state index in [-0.39, 0.29) is 48.3 Å². The quantitative estimate of drug-likeness (QED) is 0.463. The van der Waals surface area contributed by atoms with Crippen LogP contribution in [-0.4, -0.2) is 66.2 Å². The van der Waals surface area contributed by atoms with Crippen molar-refractivity contribution in [2.24, 2.45) is 0 Å². The highest BCUT2D eigenvalue weighted by Gasteiger charge is 2.36. The van der Waals surface area contributed by atoms with Gasteiger partial charge >= 0.3 is 0 Å². The molecule has 0 aliphatic carbocycles. The average molecular weight is 432 g/mol. The van der Waals surface area contributed by atoms with Crippen LogP contribution in [0.1, 0.15) is 32.3 Å². The number of carbonyl (C=O) groups is 1. The first kappa shape index (κ1) is 22.6. The highest BCUT2D eigenvalue weighted by atomic mass is 35.5. The predicted molar refractivity (Wildman–Crippen MR) is 108 cm³/mol. The molecule has 8 nitrogen and oxygen atoms in total. The zero-order valence-electron chi connectivity index (χ0n) is 16.3. The molecule has 1 amide bonds. The van der Waals surface area contributed by atoms with E-state index in [1.165, 1.54) is 18.2 Å². The normalized spacial score (nSPS) is 19.5. The second kappa shape index (κ2) is 9.19. The summed E-state index contributed by atoms with van der Waals surface area (Å²) in [4.78, 5) is 26.8. The van der Waals surface area contributed by atoms with E-state index in [0.29, 0.717) is 17.0 Å². The molecule has 2 unspecified atom stereocenters. The van der Waals surface area contributed by atoms with Gasteiger partial charge in [0.1, 0.15) is 0 Å². The minimum absolute atomic E-state index is 0.00347. The lowest BCUT2D eigenvalue weighted by Crippen LogP contribution is -2.49. The predicted octanol–water partition coefficient (Wildman–Crippen LogP) is 2.49. The molecule has 0 aromatic heterocycles. The fraction of sp³-hybridized carbons (Fsp3) is 0.611. The second-order valence-corrected chi connectivity index (χ2v) is 9.96. The molecule has 0 bridgehead atoms. The summed E-state index contributed by atoms with van der Waals surface area (Å²) in [5, 5.41) is 11.4. The Balaban J connectivity index is 2.10. The number of nitrogens with zero attached hydrogens (tertiary/aromatic N) is 3. The number of hydrogen-bond acceptors (Lipinski definition) is 6. The molecule has 28 heavy (non-hydrogen) atoms. The van der Waals surface area contributed by atoms with Crippen LogP contribution >= 0.6 is 11.6 Å². The first-order valence-electron chi connectivity index (χ1n) is 9.17. The second-order valence-electron chi connectivity index (χ2n) is 7.32. The number of carbonyl (C=O) groups excluding carboxylic acids is 1. The molecule has 0 N–H and O–H groups in total. The van der Waals surface area contributed by atoms with E-state index in [0.717, 1.165) is 6.42 Å². The van der Waals surface area contributed by atoms with Gasteiger partial charge in [0.05, 0.1) is 23.0 Å². The Labute approximate surface area is 170 Å². The summed E-state index contributed by atoms with van der Waals surface area (Å²) in [6, 6.07) is 3.84. The molecule has 0 saturated carbocycles.